The van der Waals surface area contributed by atoms with Crippen LogP contribution < -0.4 is 17.2 Å². The standard InChI is InChI=1S/C7H12N4O2/c1-2-4-6(9)11(3-5(8)12)7(13)10-4/h2-3,9H2,1H3,(H2,8,12)(H,10,13). The number of amides is 1. The first-order valence-corrected chi connectivity index (χ1v) is 3.91. The Morgan fingerprint density at radius 2 is 2.23 bits per heavy atom. The summed E-state index contributed by atoms with van der Waals surface area (Å²) in [4.78, 5) is 24.3. The second-order valence-electron chi connectivity index (χ2n) is 2.70. The summed E-state index contributed by atoms with van der Waals surface area (Å²) >= 11 is 0. The largest absolute Gasteiger partial charge is 0.384 e. The van der Waals surface area contributed by atoms with Crippen molar-refractivity contribution in [2.24, 2.45) is 5.73 Å². The Hall–Kier alpha value is -1.72. The number of hydrogen-bond donors (Lipinski definition) is 3. The van der Waals surface area contributed by atoms with Crippen molar-refractivity contribution in [1.29, 1.82) is 0 Å². The van der Waals surface area contributed by atoms with E-state index < -0.39 is 11.6 Å². The van der Waals surface area contributed by atoms with E-state index in [1.165, 1.54) is 0 Å². The van der Waals surface area contributed by atoms with Gasteiger partial charge in [-0.25, -0.2) is 4.79 Å². The molecule has 0 aliphatic carbocycles. The molecule has 0 aromatic carbocycles. The van der Waals surface area contributed by atoms with Gasteiger partial charge in [0.15, 0.2) is 0 Å². The third-order valence-electron chi connectivity index (χ3n) is 1.77. The van der Waals surface area contributed by atoms with Gasteiger partial charge in [0, 0.05) is 0 Å². The lowest BCUT2D eigenvalue weighted by atomic mass is 10.3. The van der Waals surface area contributed by atoms with Crippen LogP contribution in [0.1, 0.15) is 12.6 Å². The molecule has 0 fully saturated rings. The summed E-state index contributed by atoms with van der Waals surface area (Å²) in [7, 11) is 0. The van der Waals surface area contributed by atoms with Gasteiger partial charge in [-0.3, -0.25) is 9.36 Å². The highest BCUT2D eigenvalue weighted by Crippen LogP contribution is 2.05. The third-order valence-corrected chi connectivity index (χ3v) is 1.77. The smallest absolute Gasteiger partial charge is 0.327 e. The second-order valence-corrected chi connectivity index (χ2v) is 2.70. The van der Waals surface area contributed by atoms with Gasteiger partial charge < -0.3 is 16.5 Å². The summed E-state index contributed by atoms with van der Waals surface area (Å²) in [5.74, 6) is -0.304. The summed E-state index contributed by atoms with van der Waals surface area (Å²) in [5.41, 5.74) is 10.8. The van der Waals surface area contributed by atoms with E-state index in [9.17, 15) is 9.59 Å². The molecule has 0 unspecified atom stereocenters. The van der Waals surface area contributed by atoms with Crippen LogP contribution in [-0.2, 0) is 17.8 Å². The Morgan fingerprint density at radius 3 is 2.62 bits per heavy atom. The molecule has 1 rings (SSSR count). The molecule has 0 aliphatic heterocycles. The molecule has 13 heavy (non-hydrogen) atoms. The quantitative estimate of drug-likeness (QED) is 0.549. The number of primary amides is 1. The molecule has 72 valence electrons. The van der Waals surface area contributed by atoms with Crippen LogP contribution in [0.5, 0.6) is 0 Å². The fraction of sp³-hybridized carbons (Fsp3) is 0.429. The molecule has 1 amide bonds. The molecule has 5 N–H and O–H groups in total. The number of carbonyl (C=O) groups is 1. The zero-order valence-corrected chi connectivity index (χ0v) is 7.33. The van der Waals surface area contributed by atoms with E-state index in [0.717, 1.165) is 4.57 Å². The van der Waals surface area contributed by atoms with E-state index in [-0.39, 0.29) is 12.4 Å². The van der Waals surface area contributed by atoms with E-state index in [1.54, 1.807) is 0 Å². The van der Waals surface area contributed by atoms with Crippen LogP contribution in [0, 0.1) is 0 Å². The molecule has 6 nitrogen and oxygen atoms in total. The average molecular weight is 184 g/mol. The Kier molecular flexibility index (Phi) is 2.41. The van der Waals surface area contributed by atoms with E-state index in [0.29, 0.717) is 12.1 Å². The third kappa shape index (κ3) is 1.71. The number of H-pyrrole nitrogens is 1. The van der Waals surface area contributed by atoms with Crippen LogP contribution in [0.3, 0.4) is 0 Å². The number of aromatic amines is 1. The first-order chi connectivity index (χ1) is 6.06. The summed E-state index contributed by atoms with van der Waals surface area (Å²) in [6.07, 6.45) is 0.618. The number of anilines is 1. The first kappa shape index (κ1) is 9.37. The lowest BCUT2D eigenvalue weighted by molar-refractivity contribution is -0.118. The van der Waals surface area contributed by atoms with Gasteiger partial charge in [-0.15, -0.1) is 0 Å². The summed E-state index contributed by atoms with van der Waals surface area (Å²) in [6, 6.07) is 0. The van der Waals surface area contributed by atoms with Crippen molar-refractivity contribution in [1.82, 2.24) is 9.55 Å². The highest BCUT2D eigenvalue weighted by atomic mass is 16.2. The van der Waals surface area contributed by atoms with Gasteiger partial charge in [-0.2, -0.15) is 0 Å². The average Bonchev–Trinajstić information content (AvgIpc) is 2.31. The van der Waals surface area contributed by atoms with Gasteiger partial charge in [0.25, 0.3) is 0 Å². The number of imidazole rings is 1. The molecule has 1 aromatic heterocycles. The maximum Gasteiger partial charge on any atom is 0.327 e. The topological polar surface area (TPSA) is 107 Å². The molecule has 0 saturated carbocycles. The van der Waals surface area contributed by atoms with E-state index in [4.69, 9.17) is 11.5 Å². The highest BCUT2D eigenvalue weighted by molar-refractivity contribution is 5.74. The summed E-state index contributed by atoms with van der Waals surface area (Å²) < 4.78 is 1.13. The zero-order chi connectivity index (χ0) is 10.0. The van der Waals surface area contributed by atoms with Crippen molar-refractivity contribution in [3.63, 3.8) is 0 Å². The molecule has 0 atom stereocenters. The van der Waals surface area contributed by atoms with Crippen LogP contribution >= 0.6 is 0 Å². The fourth-order valence-electron chi connectivity index (χ4n) is 1.12. The molecule has 0 aliphatic rings. The Bertz CT molecular complexity index is 376. The summed E-state index contributed by atoms with van der Waals surface area (Å²) in [5, 5.41) is 0. The molecule has 0 radical (unpaired) electrons. The molecule has 0 spiro atoms. The van der Waals surface area contributed by atoms with Gasteiger partial charge in [0.1, 0.15) is 12.4 Å². The summed E-state index contributed by atoms with van der Waals surface area (Å²) in [6.45, 7) is 1.68. The molecule has 1 aromatic rings. The van der Waals surface area contributed by atoms with Gasteiger partial charge in [0.2, 0.25) is 5.91 Å². The predicted molar refractivity (Wildman–Crippen MR) is 48.0 cm³/mol. The lowest BCUT2D eigenvalue weighted by Crippen LogP contribution is -2.27. The minimum atomic E-state index is -0.588. The zero-order valence-electron chi connectivity index (χ0n) is 7.33. The number of nitrogens with zero attached hydrogens (tertiary/aromatic N) is 1. The van der Waals surface area contributed by atoms with Gasteiger partial charge in [0.05, 0.1) is 5.69 Å². The van der Waals surface area contributed by atoms with Crippen LogP contribution in [0.2, 0.25) is 0 Å². The predicted octanol–water partition coefficient (Wildman–Crippen LogP) is -1.19. The minimum absolute atomic E-state index is 0.179. The maximum atomic E-state index is 11.2. The van der Waals surface area contributed by atoms with Crippen molar-refractivity contribution < 1.29 is 4.79 Å². The van der Waals surface area contributed by atoms with E-state index in [1.807, 2.05) is 6.92 Å². The van der Waals surface area contributed by atoms with Crippen LogP contribution in [0.15, 0.2) is 4.79 Å². The monoisotopic (exact) mass is 184 g/mol. The van der Waals surface area contributed by atoms with Crippen molar-refractivity contribution in [3.8, 4) is 0 Å². The number of nitrogens with one attached hydrogen (secondary N) is 1. The van der Waals surface area contributed by atoms with Gasteiger partial charge >= 0.3 is 5.69 Å². The highest BCUT2D eigenvalue weighted by Gasteiger charge is 2.10. The Balaban J connectivity index is 3.13. The first-order valence-electron chi connectivity index (χ1n) is 3.91. The number of aromatic nitrogens is 2. The van der Waals surface area contributed by atoms with Gasteiger partial charge in [-0.1, -0.05) is 6.92 Å². The van der Waals surface area contributed by atoms with E-state index in [2.05, 4.69) is 4.98 Å². The molecular formula is C7H12N4O2. The van der Waals surface area contributed by atoms with Crippen molar-refractivity contribution >= 4 is 11.7 Å². The molecule has 6 heteroatoms. The number of aryl methyl sites for hydroxylation is 1. The van der Waals surface area contributed by atoms with Crippen LogP contribution in [0.4, 0.5) is 5.82 Å². The van der Waals surface area contributed by atoms with Crippen molar-refractivity contribution in [3.05, 3.63) is 16.2 Å². The Morgan fingerprint density at radius 1 is 1.62 bits per heavy atom. The normalized spacial score (nSPS) is 10.2. The second kappa shape index (κ2) is 3.34. The molecular weight excluding hydrogens is 172 g/mol. The minimum Gasteiger partial charge on any atom is -0.384 e. The van der Waals surface area contributed by atoms with Crippen molar-refractivity contribution in [2.45, 2.75) is 19.9 Å². The SMILES string of the molecule is CCc1[nH]c(=O)n(CC(N)=O)c1N. The maximum absolute atomic E-state index is 11.2. The fourth-order valence-corrected chi connectivity index (χ4v) is 1.12. The molecule has 0 saturated heterocycles. The van der Waals surface area contributed by atoms with Crippen LogP contribution in [-0.4, -0.2) is 15.5 Å². The lowest BCUT2D eigenvalue weighted by Gasteiger charge is -2.00. The number of nitrogen functional groups attached to an aromatic ring is 1. The molecule has 0 bridgehead atoms. The number of hydrogen-bond acceptors (Lipinski definition) is 3. The number of carbonyl (C=O) groups excluding carboxylic acids is 1. The Labute approximate surface area is 74.5 Å². The van der Waals surface area contributed by atoms with E-state index >= 15 is 0 Å². The number of nitrogens with two attached hydrogens (primary N) is 2. The van der Waals surface area contributed by atoms with Crippen molar-refractivity contribution in [2.75, 3.05) is 5.73 Å². The van der Waals surface area contributed by atoms with Crippen LogP contribution in [0.25, 0.3) is 0 Å². The molecule has 1 heterocycles. The van der Waals surface area contributed by atoms with Gasteiger partial charge in [-0.05, 0) is 6.42 Å². The number of rotatable bonds is 3.